The summed E-state index contributed by atoms with van der Waals surface area (Å²) in [6.07, 6.45) is -1.38. The van der Waals surface area contributed by atoms with Gasteiger partial charge in [0.2, 0.25) is 0 Å². The van der Waals surface area contributed by atoms with Crippen LogP contribution < -0.4 is 0 Å². The molecule has 0 saturated heterocycles. The van der Waals surface area contributed by atoms with Crippen molar-refractivity contribution in [3.05, 3.63) is 47.1 Å². The Morgan fingerprint density at radius 1 is 1.15 bits per heavy atom. The van der Waals surface area contributed by atoms with Crippen LogP contribution in [0.3, 0.4) is 0 Å². The molecule has 0 heterocycles. The van der Waals surface area contributed by atoms with Crippen molar-refractivity contribution in [1.29, 1.82) is 0 Å². The van der Waals surface area contributed by atoms with Crippen molar-refractivity contribution in [2.75, 3.05) is 0 Å². The normalized spacial score (nSPS) is 31.7. The molecule has 0 radical (unpaired) electrons. The second kappa shape index (κ2) is 9.23. The lowest BCUT2D eigenvalue weighted by Gasteiger charge is -2.42. The summed E-state index contributed by atoms with van der Waals surface area (Å²) < 4.78 is 77.9. The fourth-order valence-corrected chi connectivity index (χ4v) is 5.51. The lowest BCUT2D eigenvalue weighted by Crippen LogP contribution is -2.55. The molecule has 2 fully saturated rings. The smallest absolute Gasteiger partial charge is 0.393 e. The van der Waals surface area contributed by atoms with E-state index < -0.39 is 35.4 Å². The lowest BCUT2D eigenvalue weighted by molar-refractivity contribution is -0.343. The Balaban J connectivity index is 1.85. The Kier molecular flexibility index (Phi) is 7.23. The van der Waals surface area contributed by atoms with Gasteiger partial charge in [0.15, 0.2) is 0 Å². The Bertz CT molecular complexity index is 958. The minimum atomic E-state index is -5.96. The summed E-state index contributed by atoms with van der Waals surface area (Å²) in [7, 11) is 0. The van der Waals surface area contributed by atoms with Crippen LogP contribution >= 0.6 is 0 Å². The number of halogens is 6. The highest BCUT2D eigenvalue weighted by Gasteiger charge is 2.70. The third-order valence-electron chi connectivity index (χ3n) is 7.56. The van der Waals surface area contributed by atoms with Gasteiger partial charge in [-0.1, -0.05) is 54.4 Å². The van der Waals surface area contributed by atoms with Crippen LogP contribution in [-0.2, 0) is 0 Å². The largest absolute Gasteiger partial charge is 0.438 e. The fraction of sp³-hybridized carbons (Fsp3) is 0.615. The van der Waals surface area contributed by atoms with Gasteiger partial charge in [-0.3, -0.25) is 0 Å². The van der Waals surface area contributed by atoms with Gasteiger partial charge >= 0.3 is 18.0 Å². The van der Waals surface area contributed by atoms with Crippen LogP contribution in [0.15, 0.2) is 47.1 Å². The van der Waals surface area contributed by atoms with E-state index in [0.717, 1.165) is 42.7 Å². The van der Waals surface area contributed by atoms with Gasteiger partial charge in [-0.15, -0.1) is 0 Å². The predicted octanol–water partition coefficient (Wildman–Crippen LogP) is 6.57. The van der Waals surface area contributed by atoms with Crippen LogP contribution in [0.25, 0.3) is 0 Å². The van der Waals surface area contributed by atoms with Crippen LogP contribution in [0.2, 0.25) is 0 Å². The van der Waals surface area contributed by atoms with Crippen LogP contribution in [0.1, 0.15) is 58.8 Å². The molecule has 0 unspecified atom stereocenters. The molecule has 2 N–H and O–H groups in total. The molecule has 4 atom stereocenters. The molecule has 188 valence electrons. The summed E-state index contributed by atoms with van der Waals surface area (Å²) >= 11 is 0. The number of fused-ring (bicyclic) bond motifs is 1. The zero-order valence-corrected chi connectivity index (χ0v) is 19.3. The molecule has 0 spiro atoms. The fourth-order valence-electron chi connectivity index (χ4n) is 5.51. The number of rotatable bonds is 2. The van der Waals surface area contributed by atoms with Gasteiger partial charge in [-0.05, 0) is 74.7 Å². The minimum Gasteiger partial charge on any atom is -0.393 e. The quantitative estimate of drug-likeness (QED) is 0.262. The number of alkyl halides is 6. The summed E-state index contributed by atoms with van der Waals surface area (Å²) in [5.74, 6) is 2.37. The Morgan fingerprint density at radius 2 is 1.79 bits per heavy atom. The average molecular weight is 489 g/mol. The van der Waals surface area contributed by atoms with E-state index in [4.69, 9.17) is 0 Å². The zero-order valence-electron chi connectivity index (χ0n) is 19.3. The molecule has 2 nitrogen and oxygen atoms in total. The summed E-state index contributed by atoms with van der Waals surface area (Å²) in [4.78, 5) is 0. The van der Waals surface area contributed by atoms with Crippen molar-refractivity contribution < 1.29 is 36.6 Å². The topological polar surface area (TPSA) is 40.5 Å². The molecule has 0 bridgehead atoms. The van der Waals surface area contributed by atoms with Gasteiger partial charge < -0.3 is 10.2 Å². The van der Waals surface area contributed by atoms with Crippen LogP contribution in [0, 0.1) is 29.1 Å². The number of aliphatic hydroxyl groups is 2. The lowest BCUT2D eigenvalue weighted by atomic mass is 9.62. The van der Waals surface area contributed by atoms with Gasteiger partial charge in [0.1, 0.15) is 0 Å². The van der Waals surface area contributed by atoms with Crippen LogP contribution in [-0.4, -0.2) is 34.3 Å². The average Bonchev–Trinajstić information content (AvgIpc) is 3.08. The van der Waals surface area contributed by atoms with E-state index in [1.54, 1.807) is 0 Å². The molecule has 3 aliphatic carbocycles. The molecule has 8 heteroatoms. The van der Waals surface area contributed by atoms with Crippen molar-refractivity contribution in [3.8, 4) is 11.8 Å². The van der Waals surface area contributed by atoms with Crippen molar-refractivity contribution in [1.82, 2.24) is 0 Å². The highest BCUT2D eigenvalue weighted by Crippen LogP contribution is 2.56. The molecule has 0 aromatic rings. The first kappa shape index (κ1) is 26.6. The van der Waals surface area contributed by atoms with E-state index in [1.807, 2.05) is 25.2 Å². The van der Waals surface area contributed by atoms with Gasteiger partial charge in [0.25, 0.3) is 0 Å². The standard InChI is InChI=1S/C26H30F6O2/c1-16-6-9-20(33)15-19(16)8-7-18-5-4-13-23(3)21(10-11-22(18)23)17(2)12-14-24(34,25(27,28)29)26(30,31)32/h7-8,10,17,20,22,33-34H,1,4-6,9,11,13,15H2,2-3H3/b18-7+,19-8-/t17-,20+,22+,23-/m1/s1. The Labute approximate surface area is 196 Å². The Hall–Kier alpha value is -1.98. The van der Waals surface area contributed by atoms with Crippen LogP contribution in [0.4, 0.5) is 26.3 Å². The first-order valence-corrected chi connectivity index (χ1v) is 11.4. The summed E-state index contributed by atoms with van der Waals surface area (Å²) in [6, 6.07) is 0. The number of allylic oxidation sites excluding steroid dienone is 6. The molecule has 0 amide bonds. The summed E-state index contributed by atoms with van der Waals surface area (Å²) in [6.45, 7) is 7.53. The zero-order chi connectivity index (χ0) is 25.5. The third-order valence-corrected chi connectivity index (χ3v) is 7.56. The Morgan fingerprint density at radius 3 is 2.41 bits per heavy atom. The van der Waals surface area contributed by atoms with Crippen LogP contribution in [0.5, 0.6) is 0 Å². The molecule has 3 rings (SSSR count). The maximum atomic E-state index is 13.0. The monoisotopic (exact) mass is 488 g/mol. The molecule has 2 saturated carbocycles. The van der Waals surface area contributed by atoms with Gasteiger partial charge in [-0.25, -0.2) is 0 Å². The molecule has 0 aromatic heterocycles. The third kappa shape index (κ3) is 4.87. The van der Waals surface area contributed by atoms with E-state index in [9.17, 15) is 36.6 Å². The molecular weight excluding hydrogens is 458 g/mol. The SMILES string of the molecule is C=C1CC[C@H](O)C/C1=C/C=C1\CCC[C@]2(C)C([C@H](C)C#CC(O)(C(F)(F)F)C(F)(F)F)=CC[C@@H]12. The van der Waals surface area contributed by atoms with Gasteiger partial charge in [0, 0.05) is 5.92 Å². The number of hydrogen-bond donors (Lipinski definition) is 2. The first-order valence-electron chi connectivity index (χ1n) is 11.4. The highest BCUT2D eigenvalue weighted by molar-refractivity contribution is 5.40. The molecular formula is C26H30F6O2. The van der Waals surface area contributed by atoms with E-state index in [2.05, 4.69) is 12.5 Å². The minimum absolute atomic E-state index is 0.0724. The van der Waals surface area contributed by atoms with Gasteiger partial charge in [-0.2, -0.15) is 26.3 Å². The molecule has 3 aliphatic rings. The second-order valence-electron chi connectivity index (χ2n) is 9.85. The van der Waals surface area contributed by atoms with E-state index in [-0.39, 0.29) is 5.92 Å². The molecule has 0 aromatic carbocycles. The highest BCUT2D eigenvalue weighted by atomic mass is 19.4. The van der Waals surface area contributed by atoms with Gasteiger partial charge in [0.05, 0.1) is 6.10 Å². The van der Waals surface area contributed by atoms with E-state index >= 15 is 0 Å². The van der Waals surface area contributed by atoms with Crippen molar-refractivity contribution >= 4 is 0 Å². The maximum absolute atomic E-state index is 13.0. The molecule has 0 aliphatic heterocycles. The van der Waals surface area contributed by atoms with Crippen molar-refractivity contribution in [2.24, 2.45) is 17.3 Å². The van der Waals surface area contributed by atoms with Crippen molar-refractivity contribution in [3.63, 3.8) is 0 Å². The maximum Gasteiger partial charge on any atom is 0.438 e. The number of aliphatic hydroxyl groups excluding tert-OH is 1. The first-order chi connectivity index (χ1) is 15.6. The van der Waals surface area contributed by atoms with Crippen molar-refractivity contribution in [2.45, 2.75) is 82.9 Å². The summed E-state index contributed by atoms with van der Waals surface area (Å²) in [5, 5.41) is 19.3. The second-order valence-corrected chi connectivity index (χ2v) is 9.85. The van der Waals surface area contributed by atoms with E-state index in [1.165, 1.54) is 12.5 Å². The molecule has 34 heavy (non-hydrogen) atoms. The van der Waals surface area contributed by atoms with E-state index in [0.29, 0.717) is 24.8 Å². The number of hydrogen-bond acceptors (Lipinski definition) is 2. The predicted molar refractivity (Wildman–Crippen MR) is 117 cm³/mol. The summed E-state index contributed by atoms with van der Waals surface area (Å²) in [5.41, 5.74) is -1.62.